The van der Waals surface area contributed by atoms with Gasteiger partial charge in [0.05, 0.1) is 23.3 Å². The minimum Gasteiger partial charge on any atom is -0.457 e. The third kappa shape index (κ3) is 5.40. The number of para-hydroxylation sites is 1. The second kappa shape index (κ2) is 7.92. The van der Waals surface area contributed by atoms with E-state index in [9.17, 15) is 9.59 Å². The molecule has 0 aliphatic carbocycles. The molecule has 3 rings (SSSR count). The highest BCUT2D eigenvalue weighted by atomic mass is 32.1. The van der Waals surface area contributed by atoms with Crippen molar-refractivity contribution in [1.82, 2.24) is 15.6 Å². The molecule has 0 saturated carbocycles. The lowest BCUT2D eigenvalue weighted by Crippen LogP contribution is -2.37. The summed E-state index contributed by atoms with van der Waals surface area (Å²) in [4.78, 5) is 28.2. The van der Waals surface area contributed by atoms with Crippen LogP contribution < -0.4 is 10.6 Å². The SMILES string of the molecule is CC(C)(C)CC(=O)NCC(=O)NCc1ccc(-c2nc3ccccc3s2)o1. The first-order valence-corrected chi connectivity index (χ1v) is 9.60. The minimum atomic E-state index is -0.254. The van der Waals surface area contributed by atoms with Gasteiger partial charge in [0, 0.05) is 6.42 Å². The zero-order chi connectivity index (χ0) is 19.4. The lowest BCUT2D eigenvalue weighted by atomic mass is 9.92. The Morgan fingerprint density at radius 3 is 2.59 bits per heavy atom. The maximum atomic E-state index is 11.9. The van der Waals surface area contributed by atoms with Crippen LogP contribution in [0, 0.1) is 5.41 Å². The topological polar surface area (TPSA) is 84.2 Å². The highest BCUT2D eigenvalue weighted by Gasteiger charge is 2.16. The number of nitrogens with zero attached hydrogens (tertiary/aromatic N) is 1. The Morgan fingerprint density at radius 1 is 1.07 bits per heavy atom. The number of hydrogen-bond acceptors (Lipinski definition) is 5. The smallest absolute Gasteiger partial charge is 0.239 e. The van der Waals surface area contributed by atoms with E-state index in [-0.39, 0.29) is 30.3 Å². The first kappa shape index (κ1) is 19.1. The Balaban J connectivity index is 1.50. The summed E-state index contributed by atoms with van der Waals surface area (Å²) < 4.78 is 6.89. The number of carbonyl (C=O) groups is 2. The summed E-state index contributed by atoms with van der Waals surface area (Å²) in [6.07, 6.45) is 0.379. The first-order valence-electron chi connectivity index (χ1n) is 8.78. The number of hydrogen-bond donors (Lipinski definition) is 2. The fraction of sp³-hybridized carbons (Fsp3) is 0.350. The van der Waals surface area contributed by atoms with Crippen molar-refractivity contribution >= 4 is 33.4 Å². The van der Waals surface area contributed by atoms with Crippen molar-refractivity contribution in [3.8, 4) is 10.8 Å². The Morgan fingerprint density at radius 2 is 1.85 bits per heavy atom. The average molecular weight is 385 g/mol. The fourth-order valence-electron chi connectivity index (χ4n) is 2.54. The Kier molecular flexibility index (Phi) is 5.60. The number of thiazole rings is 1. The number of aromatic nitrogens is 1. The molecule has 7 heteroatoms. The van der Waals surface area contributed by atoms with E-state index in [0.29, 0.717) is 17.9 Å². The lowest BCUT2D eigenvalue weighted by molar-refractivity contribution is -0.127. The quantitative estimate of drug-likeness (QED) is 0.677. The molecule has 0 fully saturated rings. The molecule has 2 amide bonds. The summed E-state index contributed by atoms with van der Waals surface area (Å²) >= 11 is 1.56. The molecule has 0 saturated heterocycles. The van der Waals surface area contributed by atoms with Crippen LogP contribution in [0.3, 0.4) is 0 Å². The van der Waals surface area contributed by atoms with Crippen LogP contribution in [0.5, 0.6) is 0 Å². The molecule has 0 aliphatic heterocycles. The monoisotopic (exact) mass is 385 g/mol. The van der Waals surface area contributed by atoms with Gasteiger partial charge in [-0.15, -0.1) is 11.3 Å². The van der Waals surface area contributed by atoms with E-state index in [1.807, 2.05) is 57.2 Å². The normalized spacial score (nSPS) is 11.5. The van der Waals surface area contributed by atoms with Gasteiger partial charge in [0.25, 0.3) is 0 Å². The molecule has 142 valence electrons. The molecule has 0 bridgehead atoms. The van der Waals surface area contributed by atoms with Crippen LogP contribution in [0.4, 0.5) is 0 Å². The van der Waals surface area contributed by atoms with Gasteiger partial charge in [-0.1, -0.05) is 32.9 Å². The van der Waals surface area contributed by atoms with Gasteiger partial charge < -0.3 is 15.1 Å². The van der Waals surface area contributed by atoms with Gasteiger partial charge in [0.15, 0.2) is 10.8 Å². The molecule has 0 unspecified atom stereocenters. The van der Waals surface area contributed by atoms with Gasteiger partial charge in [-0.3, -0.25) is 9.59 Å². The molecule has 1 aromatic carbocycles. The van der Waals surface area contributed by atoms with E-state index in [1.165, 1.54) is 0 Å². The molecule has 0 radical (unpaired) electrons. The highest BCUT2D eigenvalue weighted by molar-refractivity contribution is 7.21. The van der Waals surface area contributed by atoms with E-state index in [4.69, 9.17) is 4.42 Å². The van der Waals surface area contributed by atoms with E-state index < -0.39 is 0 Å². The second-order valence-electron chi connectivity index (χ2n) is 7.54. The molecule has 0 aliphatic rings. The van der Waals surface area contributed by atoms with Crippen LogP contribution in [-0.2, 0) is 16.1 Å². The van der Waals surface area contributed by atoms with Gasteiger partial charge in [-0.25, -0.2) is 4.98 Å². The molecule has 0 spiro atoms. The summed E-state index contributed by atoms with van der Waals surface area (Å²) in [5.41, 5.74) is 0.834. The fourth-order valence-corrected chi connectivity index (χ4v) is 3.46. The zero-order valence-corrected chi connectivity index (χ0v) is 16.5. The van der Waals surface area contributed by atoms with Crippen LogP contribution in [0.15, 0.2) is 40.8 Å². The highest BCUT2D eigenvalue weighted by Crippen LogP contribution is 2.31. The van der Waals surface area contributed by atoms with Crippen LogP contribution >= 0.6 is 11.3 Å². The minimum absolute atomic E-state index is 0.0413. The summed E-state index contributed by atoms with van der Waals surface area (Å²) in [6.45, 7) is 6.16. The van der Waals surface area contributed by atoms with E-state index in [0.717, 1.165) is 15.2 Å². The van der Waals surface area contributed by atoms with Crippen molar-refractivity contribution in [1.29, 1.82) is 0 Å². The molecule has 3 aromatic rings. The summed E-state index contributed by atoms with van der Waals surface area (Å²) in [6, 6.07) is 11.6. The van der Waals surface area contributed by atoms with Gasteiger partial charge in [-0.2, -0.15) is 0 Å². The third-order valence-electron chi connectivity index (χ3n) is 3.76. The summed E-state index contributed by atoms with van der Waals surface area (Å²) in [5, 5.41) is 6.18. The molecule has 0 atom stereocenters. The average Bonchev–Trinajstić information content (AvgIpc) is 3.22. The largest absolute Gasteiger partial charge is 0.457 e. The van der Waals surface area contributed by atoms with Crippen molar-refractivity contribution in [3.63, 3.8) is 0 Å². The molecule has 6 nitrogen and oxygen atoms in total. The van der Waals surface area contributed by atoms with E-state index in [1.54, 1.807) is 11.3 Å². The predicted octanol–water partition coefficient (Wildman–Crippen LogP) is 3.72. The molecule has 2 N–H and O–H groups in total. The zero-order valence-electron chi connectivity index (χ0n) is 15.7. The summed E-state index contributed by atoms with van der Waals surface area (Å²) in [5.74, 6) is 0.932. The second-order valence-corrected chi connectivity index (χ2v) is 8.57. The van der Waals surface area contributed by atoms with Gasteiger partial charge >= 0.3 is 0 Å². The maximum Gasteiger partial charge on any atom is 0.239 e. The van der Waals surface area contributed by atoms with E-state index >= 15 is 0 Å². The number of carbonyl (C=O) groups excluding carboxylic acids is 2. The molecule has 2 heterocycles. The Hall–Kier alpha value is -2.67. The van der Waals surface area contributed by atoms with Crippen LogP contribution in [0.1, 0.15) is 33.0 Å². The van der Waals surface area contributed by atoms with Crippen LogP contribution in [0.25, 0.3) is 21.0 Å². The van der Waals surface area contributed by atoms with Crippen molar-refractivity contribution in [2.45, 2.75) is 33.7 Å². The number of benzene rings is 1. The molecule has 2 aromatic heterocycles. The van der Waals surface area contributed by atoms with E-state index in [2.05, 4.69) is 15.6 Å². The number of fused-ring (bicyclic) bond motifs is 1. The van der Waals surface area contributed by atoms with Crippen LogP contribution in [0.2, 0.25) is 0 Å². The number of rotatable bonds is 6. The maximum absolute atomic E-state index is 11.9. The van der Waals surface area contributed by atoms with Gasteiger partial charge in [0.2, 0.25) is 11.8 Å². The summed E-state index contributed by atoms with van der Waals surface area (Å²) in [7, 11) is 0. The predicted molar refractivity (Wildman–Crippen MR) is 106 cm³/mol. The molecular formula is C20H23N3O3S. The number of nitrogens with one attached hydrogen (secondary N) is 2. The molecular weight excluding hydrogens is 362 g/mol. The lowest BCUT2D eigenvalue weighted by Gasteiger charge is -2.17. The standard InChI is InChI=1S/C20H23N3O3S/c1-20(2,3)10-17(24)22-12-18(25)21-11-13-8-9-15(26-13)19-23-14-6-4-5-7-16(14)27-19/h4-9H,10-12H2,1-3H3,(H,21,25)(H,22,24). The van der Waals surface area contributed by atoms with Gasteiger partial charge in [0.1, 0.15) is 5.76 Å². The van der Waals surface area contributed by atoms with Crippen molar-refractivity contribution in [2.24, 2.45) is 5.41 Å². The Labute approximate surface area is 162 Å². The van der Waals surface area contributed by atoms with Crippen molar-refractivity contribution < 1.29 is 14.0 Å². The first-order chi connectivity index (χ1) is 12.8. The van der Waals surface area contributed by atoms with Gasteiger partial charge in [-0.05, 0) is 29.7 Å². The number of furan rings is 1. The van der Waals surface area contributed by atoms with Crippen molar-refractivity contribution in [2.75, 3.05) is 6.54 Å². The number of amides is 2. The third-order valence-corrected chi connectivity index (χ3v) is 4.81. The van der Waals surface area contributed by atoms with Crippen LogP contribution in [-0.4, -0.2) is 23.3 Å². The molecule has 27 heavy (non-hydrogen) atoms. The Bertz CT molecular complexity index is 920. The van der Waals surface area contributed by atoms with Crippen molar-refractivity contribution in [3.05, 3.63) is 42.2 Å².